The molecule has 0 saturated carbocycles. The Bertz CT molecular complexity index is 399. The van der Waals surface area contributed by atoms with E-state index in [9.17, 15) is 4.79 Å². The van der Waals surface area contributed by atoms with E-state index >= 15 is 0 Å². The van der Waals surface area contributed by atoms with E-state index in [4.69, 9.17) is 0 Å². The van der Waals surface area contributed by atoms with Crippen molar-refractivity contribution in [1.29, 1.82) is 0 Å². The van der Waals surface area contributed by atoms with Gasteiger partial charge in [0.1, 0.15) is 0 Å². The summed E-state index contributed by atoms with van der Waals surface area (Å²) >= 11 is 0. The van der Waals surface area contributed by atoms with Crippen LogP contribution < -0.4 is 5.32 Å². The third-order valence-corrected chi connectivity index (χ3v) is 3.68. The van der Waals surface area contributed by atoms with Crippen molar-refractivity contribution in [2.75, 3.05) is 18.4 Å². The summed E-state index contributed by atoms with van der Waals surface area (Å²) in [5.74, 6) is 0.0907. The quantitative estimate of drug-likeness (QED) is 0.886. The molecular weight excluding hydrogens is 224 g/mol. The van der Waals surface area contributed by atoms with Crippen molar-refractivity contribution in [1.82, 2.24) is 4.90 Å². The van der Waals surface area contributed by atoms with E-state index in [2.05, 4.69) is 36.2 Å². The minimum absolute atomic E-state index is 0.0907. The molecule has 1 aromatic rings. The Balaban J connectivity index is 1.86. The van der Waals surface area contributed by atoms with Gasteiger partial charge in [0.15, 0.2) is 0 Å². The lowest BCUT2D eigenvalue weighted by Gasteiger charge is -2.20. The largest absolute Gasteiger partial charge is 0.325 e. The first-order valence-corrected chi connectivity index (χ1v) is 6.82. The Morgan fingerprint density at radius 2 is 2.11 bits per heavy atom. The Labute approximate surface area is 109 Å². The van der Waals surface area contributed by atoms with Gasteiger partial charge in [-0.3, -0.25) is 9.69 Å². The van der Waals surface area contributed by atoms with E-state index in [-0.39, 0.29) is 5.91 Å². The second kappa shape index (κ2) is 6.01. The summed E-state index contributed by atoms with van der Waals surface area (Å²) in [6, 6.07) is 8.62. The van der Waals surface area contributed by atoms with Crippen LogP contribution in [0.1, 0.15) is 32.3 Å². The molecule has 0 unspecified atom stereocenters. The van der Waals surface area contributed by atoms with E-state index in [1.54, 1.807) is 0 Å². The van der Waals surface area contributed by atoms with Crippen LogP contribution in [0.2, 0.25) is 0 Å². The fourth-order valence-electron chi connectivity index (χ4n) is 2.44. The number of hydrogen-bond acceptors (Lipinski definition) is 2. The molecule has 3 heteroatoms. The molecule has 0 radical (unpaired) electrons. The average Bonchev–Trinajstić information content (AvgIpc) is 2.76. The Hall–Kier alpha value is -1.35. The van der Waals surface area contributed by atoms with Gasteiger partial charge in [-0.15, -0.1) is 0 Å². The standard InChI is InChI=1S/C15H22N2O/c1-3-13-6-8-14(9-7-13)16-15(18)11-17-10-4-5-12(17)2/h6-9,12H,3-5,10-11H2,1-2H3,(H,16,18)/t12-/m1/s1. The van der Waals surface area contributed by atoms with Gasteiger partial charge in [-0.05, 0) is 50.4 Å². The van der Waals surface area contributed by atoms with Gasteiger partial charge in [-0.1, -0.05) is 19.1 Å². The fourth-order valence-corrected chi connectivity index (χ4v) is 2.44. The zero-order valence-electron chi connectivity index (χ0n) is 11.3. The fraction of sp³-hybridized carbons (Fsp3) is 0.533. The molecule has 3 nitrogen and oxygen atoms in total. The van der Waals surface area contributed by atoms with Crippen molar-refractivity contribution in [2.24, 2.45) is 0 Å². The summed E-state index contributed by atoms with van der Waals surface area (Å²) < 4.78 is 0. The molecule has 2 rings (SSSR count). The van der Waals surface area contributed by atoms with Crippen LogP contribution in [-0.4, -0.2) is 29.9 Å². The van der Waals surface area contributed by atoms with E-state index in [0.29, 0.717) is 12.6 Å². The van der Waals surface area contributed by atoms with E-state index in [0.717, 1.165) is 18.7 Å². The Kier molecular flexibility index (Phi) is 4.37. The zero-order chi connectivity index (χ0) is 13.0. The second-order valence-electron chi connectivity index (χ2n) is 5.06. The van der Waals surface area contributed by atoms with E-state index < -0.39 is 0 Å². The molecular formula is C15H22N2O. The Morgan fingerprint density at radius 1 is 1.39 bits per heavy atom. The van der Waals surface area contributed by atoms with Crippen molar-refractivity contribution in [3.05, 3.63) is 29.8 Å². The highest BCUT2D eigenvalue weighted by atomic mass is 16.2. The van der Waals surface area contributed by atoms with Gasteiger partial charge >= 0.3 is 0 Å². The van der Waals surface area contributed by atoms with Crippen molar-refractivity contribution >= 4 is 11.6 Å². The van der Waals surface area contributed by atoms with E-state index in [1.165, 1.54) is 18.4 Å². The van der Waals surface area contributed by atoms with Crippen LogP contribution >= 0.6 is 0 Å². The maximum atomic E-state index is 11.9. The van der Waals surface area contributed by atoms with Crippen molar-refractivity contribution in [3.63, 3.8) is 0 Å². The van der Waals surface area contributed by atoms with Crippen LogP contribution in [0.25, 0.3) is 0 Å². The number of nitrogens with one attached hydrogen (secondary N) is 1. The number of carbonyl (C=O) groups is 1. The lowest BCUT2D eigenvalue weighted by molar-refractivity contribution is -0.117. The van der Waals surface area contributed by atoms with Gasteiger partial charge in [-0.2, -0.15) is 0 Å². The minimum atomic E-state index is 0.0907. The topological polar surface area (TPSA) is 32.3 Å². The van der Waals surface area contributed by atoms with Gasteiger partial charge in [-0.25, -0.2) is 0 Å². The third-order valence-electron chi connectivity index (χ3n) is 3.68. The molecule has 1 aliphatic heterocycles. The van der Waals surface area contributed by atoms with Gasteiger partial charge < -0.3 is 5.32 Å². The monoisotopic (exact) mass is 246 g/mol. The molecule has 1 aromatic carbocycles. The number of hydrogen-bond donors (Lipinski definition) is 1. The van der Waals surface area contributed by atoms with Crippen LogP contribution in [0.5, 0.6) is 0 Å². The highest BCUT2D eigenvalue weighted by molar-refractivity contribution is 5.92. The predicted molar refractivity (Wildman–Crippen MR) is 74.7 cm³/mol. The molecule has 18 heavy (non-hydrogen) atoms. The van der Waals surface area contributed by atoms with E-state index in [1.807, 2.05) is 12.1 Å². The number of likely N-dealkylation sites (tertiary alicyclic amines) is 1. The number of nitrogens with zero attached hydrogens (tertiary/aromatic N) is 1. The molecule has 0 aliphatic carbocycles. The Morgan fingerprint density at radius 3 is 2.67 bits per heavy atom. The van der Waals surface area contributed by atoms with Crippen molar-refractivity contribution < 1.29 is 4.79 Å². The molecule has 1 N–H and O–H groups in total. The highest BCUT2D eigenvalue weighted by Crippen LogP contribution is 2.16. The number of anilines is 1. The number of carbonyl (C=O) groups excluding carboxylic acids is 1. The number of aryl methyl sites for hydroxylation is 1. The molecule has 0 aromatic heterocycles. The molecule has 1 atom stereocenters. The highest BCUT2D eigenvalue weighted by Gasteiger charge is 2.22. The number of amides is 1. The van der Waals surface area contributed by atoms with Crippen molar-refractivity contribution in [2.45, 2.75) is 39.2 Å². The first-order chi connectivity index (χ1) is 8.69. The minimum Gasteiger partial charge on any atom is -0.325 e. The van der Waals surface area contributed by atoms with Gasteiger partial charge in [0.2, 0.25) is 5.91 Å². The maximum absolute atomic E-state index is 11.9. The van der Waals surface area contributed by atoms with Crippen LogP contribution in [0.3, 0.4) is 0 Å². The average molecular weight is 246 g/mol. The van der Waals surface area contributed by atoms with Crippen LogP contribution in [-0.2, 0) is 11.2 Å². The molecule has 1 aliphatic rings. The first-order valence-electron chi connectivity index (χ1n) is 6.82. The van der Waals surface area contributed by atoms with Crippen LogP contribution in [0.15, 0.2) is 24.3 Å². The molecule has 1 saturated heterocycles. The number of benzene rings is 1. The summed E-state index contributed by atoms with van der Waals surface area (Å²) in [5.41, 5.74) is 2.19. The normalized spacial score (nSPS) is 20.0. The summed E-state index contributed by atoms with van der Waals surface area (Å²) in [4.78, 5) is 14.2. The summed E-state index contributed by atoms with van der Waals surface area (Å²) in [5, 5.41) is 2.96. The summed E-state index contributed by atoms with van der Waals surface area (Å²) in [6.07, 6.45) is 3.44. The summed E-state index contributed by atoms with van der Waals surface area (Å²) in [7, 11) is 0. The summed E-state index contributed by atoms with van der Waals surface area (Å²) in [6.45, 7) is 5.87. The van der Waals surface area contributed by atoms with Gasteiger partial charge in [0.05, 0.1) is 6.54 Å². The predicted octanol–water partition coefficient (Wildman–Crippen LogP) is 2.67. The molecule has 1 amide bonds. The van der Waals surface area contributed by atoms with Crippen LogP contribution in [0.4, 0.5) is 5.69 Å². The molecule has 98 valence electrons. The van der Waals surface area contributed by atoms with Gasteiger partial charge in [0.25, 0.3) is 0 Å². The SMILES string of the molecule is CCc1ccc(NC(=O)CN2CCC[C@H]2C)cc1. The zero-order valence-corrected chi connectivity index (χ0v) is 11.3. The van der Waals surface area contributed by atoms with Gasteiger partial charge in [0, 0.05) is 11.7 Å². The first kappa shape index (κ1) is 13.1. The smallest absolute Gasteiger partial charge is 0.238 e. The molecule has 0 bridgehead atoms. The second-order valence-corrected chi connectivity index (χ2v) is 5.06. The lowest BCUT2D eigenvalue weighted by atomic mass is 10.1. The molecule has 0 spiro atoms. The number of rotatable bonds is 4. The van der Waals surface area contributed by atoms with Crippen molar-refractivity contribution in [3.8, 4) is 0 Å². The molecule has 1 heterocycles. The molecule has 1 fully saturated rings. The lowest BCUT2D eigenvalue weighted by Crippen LogP contribution is -2.35. The third kappa shape index (κ3) is 3.33. The van der Waals surface area contributed by atoms with Crippen LogP contribution in [0, 0.1) is 0 Å². The maximum Gasteiger partial charge on any atom is 0.238 e.